The lowest BCUT2D eigenvalue weighted by Gasteiger charge is -2.17. The van der Waals surface area contributed by atoms with Gasteiger partial charge in [0.15, 0.2) is 0 Å². The fourth-order valence-corrected chi connectivity index (χ4v) is 5.14. The van der Waals surface area contributed by atoms with Crippen molar-refractivity contribution in [1.82, 2.24) is 4.31 Å². The van der Waals surface area contributed by atoms with Gasteiger partial charge in [0.2, 0.25) is 10.0 Å². The molecule has 2 aromatic carbocycles. The molecule has 3 rings (SSSR count). The van der Waals surface area contributed by atoms with E-state index in [-0.39, 0.29) is 40.9 Å². The minimum Gasteiger partial charge on any atom is -0.493 e. The molecule has 1 saturated heterocycles. The molecule has 2 aromatic rings. The predicted octanol–water partition coefficient (Wildman–Crippen LogP) is 3.06. The van der Waals surface area contributed by atoms with Crippen LogP contribution < -0.4 is 4.74 Å². The first-order chi connectivity index (χ1) is 13.2. The molecule has 1 N–H and O–H groups in total. The van der Waals surface area contributed by atoms with E-state index >= 15 is 0 Å². The van der Waals surface area contributed by atoms with Crippen molar-refractivity contribution in [2.45, 2.75) is 11.0 Å². The van der Waals surface area contributed by atoms with Gasteiger partial charge in [-0.3, -0.25) is 0 Å². The maximum absolute atomic E-state index is 13.6. The normalized spacial score (nSPS) is 20.1. The molecule has 2 atom stereocenters. The van der Waals surface area contributed by atoms with Crippen LogP contribution in [0.5, 0.6) is 5.75 Å². The van der Waals surface area contributed by atoms with Crippen LogP contribution in [-0.2, 0) is 10.0 Å². The summed E-state index contributed by atoms with van der Waals surface area (Å²) >= 11 is 11.8. The average molecular weight is 445 g/mol. The zero-order valence-corrected chi connectivity index (χ0v) is 16.7. The number of hydrogen-bond acceptors (Lipinski definition) is 5. The Morgan fingerprint density at radius 3 is 2.64 bits per heavy atom. The number of β-amino-alcohol motifs (C(OH)–C–C–N with tert-alkyl or cyclic N) is 1. The van der Waals surface area contributed by atoms with Crippen molar-refractivity contribution in [3.63, 3.8) is 0 Å². The first kappa shape index (κ1) is 20.8. The second kappa shape index (κ2) is 8.23. The molecule has 1 heterocycles. The fraction of sp³-hybridized carbons (Fsp3) is 0.278. The molecule has 148 valence electrons. The molecular formula is C18H15Cl2FN2O4S. The van der Waals surface area contributed by atoms with Crippen LogP contribution in [0.1, 0.15) is 5.56 Å². The maximum Gasteiger partial charge on any atom is 0.244 e. The van der Waals surface area contributed by atoms with Gasteiger partial charge in [0.25, 0.3) is 0 Å². The lowest BCUT2D eigenvalue weighted by Crippen LogP contribution is -2.30. The number of nitrogens with zero attached hydrogens (tertiary/aromatic N) is 2. The number of halogens is 3. The molecule has 0 unspecified atom stereocenters. The van der Waals surface area contributed by atoms with Gasteiger partial charge in [0.1, 0.15) is 22.5 Å². The Labute approximate surface area is 171 Å². The highest BCUT2D eigenvalue weighted by Crippen LogP contribution is 2.31. The Bertz CT molecular complexity index is 1040. The summed E-state index contributed by atoms with van der Waals surface area (Å²) in [4.78, 5) is -0.0958. The van der Waals surface area contributed by atoms with Crippen LogP contribution in [0.2, 0.25) is 10.0 Å². The Morgan fingerprint density at radius 2 is 2.00 bits per heavy atom. The van der Waals surface area contributed by atoms with Gasteiger partial charge >= 0.3 is 0 Å². The quantitative estimate of drug-likeness (QED) is 0.764. The summed E-state index contributed by atoms with van der Waals surface area (Å²) in [7, 11) is -3.92. The van der Waals surface area contributed by atoms with Crippen LogP contribution in [-0.4, -0.2) is 43.6 Å². The summed E-state index contributed by atoms with van der Waals surface area (Å²) in [5.74, 6) is -1.04. The predicted molar refractivity (Wildman–Crippen MR) is 101 cm³/mol. The summed E-state index contributed by atoms with van der Waals surface area (Å²) in [6.07, 6.45) is -0.955. The highest BCUT2D eigenvalue weighted by Gasteiger charge is 2.39. The van der Waals surface area contributed by atoms with E-state index in [0.29, 0.717) is 5.02 Å². The lowest BCUT2D eigenvalue weighted by molar-refractivity contribution is 0.111. The molecule has 1 fully saturated rings. The minimum absolute atomic E-state index is 0.00486. The van der Waals surface area contributed by atoms with Gasteiger partial charge in [-0.15, -0.1) is 0 Å². The number of aliphatic hydroxyl groups excluding tert-OH is 1. The highest BCUT2D eigenvalue weighted by molar-refractivity contribution is 7.89. The van der Waals surface area contributed by atoms with Gasteiger partial charge < -0.3 is 9.84 Å². The van der Waals surface area contributed by atoms with Crippen molar-refractivity contribution in [3.8, 4) is 11.8 Å². The van der Waals surface area contributed by atoms with Crippen molar-refractivity contribution >= 4 is 33.2 Å². The fourth-order valence-electron chi connectivity index (χ4n) is 2.88. The number of rotatable bonds is 5. The second-order valence-electron chi connectivity index (χ2n) is 6.29. The van der Waals surface area contributed by atoms with E-state index in [1.165, 1.54) is 30.3 Å². The van der Waals surface area contributed by atoms with Crippen molar-refractivity contribution in [2.24, 2.45) is 5.92 Å². The van der Waals surface area contributed by atoms with E-state index in [0.717, 1.165) is 10.4 Å². The van der Waals surface area contributed by atoms with Gasteiger partial charge in [0.05, 0.1) is 23.3 Å². The van der Waals surface area contributed by atoms with Crippen LogP contribution in [0.25, 0.3) is 0 Å². The van der Waals surface area contributed by atoms with Crippen LogP contribution in [0, 0.1) is 23.1 Å². The SMILES string of the molecule is N#Cc1ccc(OC[C@H]2CN(S(=O)(=O)c3ccc(Cl)cc3Cl)C[C@H]2O)cc1F. The summed E-state index contributed by atoms with van der Waals surface area (Å²) in [5.41, 5.74) is -0.106. The van der Waals surface area contributed by atoms with Crippen molar-refractivity contribution in [1.29, 1.82) is 5.26 Å². The number of sulfonamides is 1. The molecule has 1 aliphatic rings. The Balaban J connectivity index is 1.70. The van der Waals surface area contributed by atoms with Crippen LogP contribution in [0.15, 0.2) is 41.3 Å². The molecule has 10 heteroatoms. The molecular weight excluding hydrogens is 430 g/mol. The van der Waals surface area contributed by atoms with E-state index in [4.69, 9.17) is 33.2 Å². The highest BCUT2D eigenvalue weighted by atomic mass is 35.5. The molecule has 6 nitrogen and oxygen atoms in total. The molecule has 0 aliphatic carbocycles. The number of benzene rings is 2. The van der Waals surface area contributed by atoms with E-state index < -0.39 is 27.9 Å². The minimum atomic E-state index is -3.92. The molecule has 0 spiro atoms. The third-order valence-corrected chi connectivity index (χ3v) is 6.96. The van der Waals surface area contributed by atoms with Gasteiger partial charge in [-0.25, -0.2) is 12.8 Å². The Morgan fingerprint density at radius 1 is 1.25 bits per heavy atom. The standard InChI is InChI=1S/C18H15Cl2FN2O4S/c19-13-2-4-18(15(20)5-13)28(25,26)23-8-12(17(24)9-23)10-27-14-3-1-11(7-22)16(21)6-14/h1-6,12,17,24H,8-10H2/t12-,17-/m1/s1. The monoisotopic (exact) mass is 444 g/mol. The molecule has 0 saturated carbocycles. The zero-order chi connectivity index (χ0) is 20.5. The molecule has 1 aliphatic heterocycles. The van der Waals surface area contributed by atoms with Crippen molar-refractivity contribution in [3.05, 3.63) is 57.8 Å². The molecule has 28 heavy (non-hydrogen) atoms. The number of ether oxygens (including phenoxy) is 1. The topological polar surface area (TPSA) is 90.6 Å². The van der Waals surface area contributed by atoms with Crippen LogP contribution in [0.4, 0.5) is 4.39 Å². The van der Waals surface area contributed by atoms with Gasteiger partial charge in [-0.1, -0.05) is 23.2 Å². The summed E-state index contributed by atoms with van der Waals surface area (Å²) in [5, 5.41) is 19.3. The maximum atomic E-state index is 13.6. The van der Waals surface area contributed by atoms with Crippen LogP contribution >= 0.6 is 23.2 Å². The van der Waals surface area contributed by atoms with Crippen molar-refractivity contribution in [2.75, 3.05) is 19.7 Å². The largest absolute Gasteiger partial charge is 0.493 e. The Kier molecular flexibility index (Phi) is 6.12. The van der Waals surface area contributed by atoms with E-state index in [2.05, 4.69) is 0 Å². The summed E-state index contributed by atoms with van der Waals surface area (Å²) < 4.78 is 45.9. The molecule has 0 amide bonds. The van der Waals surface area contributed by atoms with Gasteiger partial charge in [-0.2, -0.15) is 9.57 Å². The van der Waals surface area contributed by atoms with Crippen LogP contribution in [0.3, 0.4) is 0 Å². The van der Waals surface area contributed by atoms with E-state index in [1.807, 2.05) is 0 Å². The first-order valence-corrected chi connectivity index (χ1v) is 10.4. The third kappa shape index (κ3) is 4.24. The smallest absolute Gasteiger partial charge is 0.244 e. The van der Waals surface area contributed by atoms with Crippen molar-refractivity contribution < 1.29 is 22.7 Å². The number of hydrogen-bond donors (Lipinski definition) is 1. The second-order valence-corrected chi connectivity index (χ2v) is 9.04. The first-order valence-electron chi connectivity index (χ1n) is 8.18. The summed E-state index contributed by atoms with van der Waals surface area (Å²) in [6.45, 7) is -0.120. The summed E-state index contributed by atoms with van der Waals surface area (Å²) in [6, 6.07) is 9.58. The average Bonchev–Trinajstić information content (AvgIpc) is 3.01. The third-order valence-electron chi connectivity index (χ3n) is 4.41. The molecule has 0 radical (unpaired) electrons. The number of nitriles is 1. The van der Waals surface area contributed by atoms with E-state index in [9.17, 15) is 17.9 Å². The molecule has 0 bridgehead atoms. The van der Waals surface area contributed by atoms with E-state index in [1.54, 1.807) is 6.07 Å². The Hall–Kier alpha value is -1.89. The number of aliphatic hydroxyl groups is 1. The molecule has 0 aromatic heterocycles. The zero-order valence-electron chi connectivity index (χ0n) is 14.3. The lowest BCUT2D eigenvalue weighted by atomic mass is 10.1. The van der Waals surface area contributed by atoms with Gasteiger partial charge in [-0.05, 0) is 30.3 Å². The van der Waals surface area contributed by atoms with Gasteiger partial charge in [0, 0.05) is 30.1 Å².